The third-order valence-corrected chi connectivity index (χ3v) is 1.74. The van der Waals surface area contributed by atoms with Gasteiger partial charge in [-0.1, -0.05) is 19.2 Å². The van der Waals surface area contributed by atoms with E-state index in [-0.39, 0.29) is 6.04 Å². The zero-order valence-electron chi connectivity index (χ0n) is 7.26. The predicted octanol–water partition coefficient (Wildman–Crippen LogP) is -0.119. The second kappa shape index (κ2) is 6.22. The van der Waals surface area contributed by atoms with E-state index < -0.39 is 5.97 Å². The second-order valence-corrected chi connectivity index (χ2v) is 2.68. The molecule has 1 atom stereocenters. The minimum atomic E-state index is -0.747. The molecule has 0 amide bonds. The molecular formula is C7H16BNO2. The highest BCUT2D eigenvalue weighted by Crippen LogP contribution is 2.02. The molecule has 0 saturated carbocycles. The summed E-state index contributed by atoms with van der Waals surface area (Å²) in [5.41, 5.74) is 0. The van der Waals surface area contributed by atoms with Crippen molar-refractivity contribution in [2.75, 3.05) is 7.05 Å². The minimum absolute atomic E-state index is 0.360. The van der Waals surface area contributed by atoms with Crippen molar-refractivity contribution in [1.82, 2.24) is 5.32 Å². The summed E-state index contributed by atoms with van der Waals surface area (Å²) in [5.74, 6) is -0.747. The predicted molar refractivity (Wildman–Crippen MR) is 47.7 cm³/mol. The van der Waals surface area contributed by atoms with E-state index in [4.69, 9.17) is 5.11 Å². The fourth-order valence-corrected chi connectivity index (χ4v) is 0.990. The number of rotatable bonds is 6. The molecule has 2 N–H and O–H groups in total. The van der Waals surface area contributed by atoms with Crippen LogP contribution < -0.4 is 5.32 Å². The standard InChI is InChI=1S/C7H16BNO2/c1-9-6(7(10)11)4-2-3-5-8/h6,9H,2-5,8H2,1H3,(H,10,11). The summed E-state index contributed by atoms with van der Waals surface area (Å²) in [6.07, 6.45) is 3.98. The van der Waals surface area contributed by atoms with Crippen LogP contribution in [0.3, 0.4) is 0 Å². The molecule has 0 spiro atoms. The first kappa shape index (κ1) is 10.5. The SMILES string of the molecule is BCCCCC(NC)C(=O)O. The van der Waals surface area contributed by atoms with Gasteiger partial charge in [0.05, 0.1) is 0 Å². The topological polar surface area (TPSA) is 49.3 Å². The van der Waals surface area contributed by atoms with Crippen LogP contribution in [0.1, 0.15) is 19.3 Å². The van der Waals surface area contributed by atoms with Crippen LogP contribution in [0.2, 0.25) is 6.32 Å². The van der Waals surface area contributed by atoms with Crippen molar-refractivity contribution >= 4 is 13.8 Å². The maximum Gasteiger partial charge on any atom is 0.320 e. The lowest BCUT2D eigenvalue weighted by atomic mass is 9.98. The lowest BCUT2D eigenvalue weighted by Crippen LogP contribution is -2.33. The van der Waals surface area contributed by atoms with Gasteiger partial charge in [0.1, 0.15) is 13.9 Å². The molecule has 0 aliphatic heterocycles. The molecule has 0 heterocycles. The molecule has 11 heavy (non-hydrogen) atoms. The molecule has 0 fully saturated rings. The number of hydrogen-bond acceptors (Lipinski definition) is 2. The lowest BCUT2D eigenvalue weighted by molar-refractivity contribution is -0.139. The second-order valence-electron chi connectivity index (χ2n) is 2.68. The number of aliphatic carboxylic acids is 1. The number of carboxylic acid groups (broad SMARTS) is 1. The van der Waals surface area contributed by atoms with Crippen molar-refractivity contribution in [3.8, 4) is 0 Å². The van der Waals surface area contributed by atoms with Gasteiger partial charge in [-0.2, -0.15) is 0 Å². The largest absolute Gasteiger partial charge is 0.480 e. The van der Waals surface area contributed by atoms with Crippen LogP contribution in [0.15, 0.2) is 0 Å². The molecule has 0 rings (SSSR count). The average Bonchev–Trinajstić information content (AvgIpc) is 1.97. The molecule has 0 aromatic rings. The van der Waals surface area contributed by atoms with Gasteiger partial charge in [0.25, 0.3) is 0 Å². The summed E-state index contributed by atoms with van der Waals surface area (Å²) in [4.78, 5) is 10.5. The van der Waals surface area contributed by atoms with Crippen molar-refractivity contribution in [1.29, 1.82) is 0 Å². The van der Waals surface area contributed by atoms with E-state index in [2.05, 4.69) is 13.2 Å². The number of unbranched alkanes of at least 4 members (excludes halogenated alkanes) is 1. The van der Waals surface area contributed by atoms with Gasteiger partial charge in [-0.05, 0) is 13.5 Å². The van der Waals surface area contributed by atoms with Gasteiger partial charge in [-0.25, -0.2) is 0 Å². The average molecular weight is 157 g/mol. The van der Waals surface area contributed by atoms with E-state index in [1.165, 1.54) is 0 Å². The summed E-state index contributed by atoms with van der Waals surface area (Å²) < 4.78 is 0. The van der Waals surface area contributed by atoms with Crippen LogP contribution in [0.4, 0.5) is 0 Å². The molecule has 0 radical (unpaired) electrons. The molecule has 0 bridgehead atoms. The van der Waals surface area contributed by atoms with Gasteiger partial charge in [-0.15, -0.1) is 0 Å². The number of likely N-dealkylation sites (N-methyl/N-ethyl adjacent to an activating group) is 1. The van der Waals surface area contributed by atoms with E-state index >= 15 is 0 Å². The first-order valence-corrected chi connectivity index (χ1v) is 4.12. The Kier molecular flexibility index (Phi) is 5.94. The van der Waals surface area contributed by atoms with Crippen LogP contribution in [-0.2, 0) is 4.79 Å². The quantitative estimate of drug-likeness (QED) is 0.417. The fourth-order valence-electron chi connectivity index (χ4n) is 0.990. The van der Waals surface area contributed by atoms with Crippen LogP contribution in [0.5, 0.6) is 0 Å². The smallest absolute Gasteiger partial charge is 0.320 e. The molecule has 0 aromatic carbocycles. The molecule has 0 aliphatic rings. The molecule has 64 valence electrons. The Balaban J connectivity index is 3.44. The molecule has 1 unspecified atom stereocenters. The van der Waals surface area contributed by atoms with E-state index in [0.29, 0.717) is 0 Å². The minimum Gasteiger partial charge on any atom is -0.480 e. The summed E-state index contributed by atoms with van der Waals surface area (Å²) in [5, 5.41) is 11.4. The number of carbonyl (C=O) groups is 1. The Hall–Kier alpha value is -0.505. The lowest BCUT2D eigenvalue weighted by Gasteiger charge is -2.09. The first-order chi connectivity index (χ1) is 5.22. The number of carboxylic acids is 1. The first-order valence-electron chi connectivity index (χ1n) is 4.12. The molecule has 0 aliphatic carbocycles. The molecule has 3 nitrogen and oxygen atoms in total. The maximum absolute atomic E-state index is 10.5. The molecule has 0 aromatic heterocycles. The van der Waals surface area contributed by atoms with Gasteiger partial charge in [0, 0.05) is 0 Å². The summed E-state index contributed by atoms with van der Waals surface area (Å²) in [7, 11) is 3.79. The van der Waals surface area contributed by atoms with Crippen LogP contribution in [0.25, 0.3) is 0 Å². The van der Waals surface area contributed by atoms with Crippen molar-refractivity contribution in [3.63, 3.8) is 0 Å². The van der Waals surface area contributed by atoms with Crippen molar-refractivity contribution < 1.29 is 9.90 Å². The van der Waals surface area contributed by atoms with Gasteiger partial charge in [0.15, 0.2) is 0 Å². The zero-order valence-corrected chi connectivity index (χ0v) is 7.26. The van der Waals surface area contributed by atoms with Crippen molar-refractivity contribution in [2.24, 2.45) is 0 Å². The summed E-state index contributed by atoms with van der Waals surface area (Å²) in [6.45, 7) is 0. The normalized spacial score (nSPS) is 12.8. The third-order valence-electron chi connectivity index (χ3n) is 1.74. The Bertz CT molecular complexity index is 119. The van der Waals surface area contributed by atoms with E-state index in [0.717, 1.165) is 25.6 Å². The van der Waals surface area contributed by atoms with Crippen LogP contribution in [0, 0.1) is 0 Å². The van der Waals surface area contributed by atoms with Gasteiger partial charge < -0.3 is 10.4 Å². The van der Waals surface area contributed by atoms with E-state index in [9.17, 15) is 4.79 Å². The van der Waals surface area contributed by atoms with Gasteiger partial charge in [-0.3, -0.25) is 4.79 Å². The Morgan fingerprint density at radius 3 is 2.64 bits per heavy atom. The van der Waals surface area contributed by atoms with E-state index in [1.54, 1.807) is 7.05 Å². The van der Waals surface area contributed by atoms with Gasteiger partial charge in [0.2, 0.25) is 0 Å². The molecule has 4 heteroatoms. The summed E-state index contributed by atoms with van der Waals surface area (Å²) >= 11 is 0. The highest BCUT2D eigenvalue weighted by Gasteiger charge is 2.12. The zero-order chi connectivity index (χ0) is 8.69. The highest BCUT2D eigenvalue weighted by molar-refractivity contribution is 6.08. The monoisotopic (exact) mass is 157 g/mol. The van der Waals surface area contributed by atoms with E-state index in [1.807, 2.05) is 0 Å². The van der Waals surface area contributed by atoms with Gasteiger partial charge >= 0.3 is 5.97 Å². The Morgan fingerprint density at radius 2 is 2.27 bits per heavy atom. The van der Waals surface area contributed by atoms with Crippen LogP contribution >= 0.6 is 0 Å². The highest BCUT2D eigenvalue weighted by atomic mass is 16.4. The maximum atomic E-state index is 10.5. The van der Waals surface area contributed by atoms with Crippen LogP contribution in [-0.4, -0.2) is 32.0 Å². The Morgan fingerprint density at radius 1 is 1.64 bits per heavy atom. The van der Waals surface area contributed by atoms with Crippen molar-refractivity contribution in [2.45, 2.75) is 31.6 Å². The number of hydrogen-bond donors (Lipinski definition) is 2. The van der Waals surface area contributed by atoms with Crippen molar-refractivity contribution in [3.05, 3.63) is 0 Å². The number of nitrogens with one attached hydrogen (secondary N) is 1. The molecular weight excluding hydrogens is 141 g/mol. The Labute approximate surface area is 68.6 Å². The third kappa shape index (κ3) is 4.84. The summed E-state index contributed by atoms with van der Waals surface area (Å²) in [6, 6.07) is -0.360. The molecule has 0 saturated heterocycles. The fraction of sp³-hybridized carbons (Fsp3) is 0.857.